The maximum Gasteiger partial charge on any atom is 0.317 e. The van der Waals surface area contributed by atoms with E-state index in [0.717, 1.165) is 16.9 Å². The summed E-state index contributed by atoms with van der Waals surface area (Å²) in [6.45, 7) is 4.91. The summed E-state index contributed by atoms with van der Waals surface area (Å²) < 4.78 is 18.5. The number of carboxylic acid groups (broad SMARTS) is 1. The van der Waals surface area contributed by atoms with Crippen LogP contribution in [0.2, 0.25) is 0 Å². The number of hydrogen-bond acceptors (Lipinski definition) is 3. The molecule has 128 valence electrons. The van der Waals surface area contributed by atoms with Gasteiger partial charge in [0.05, 0.1) is 6.54 Å². The number of ether oxygens (including phenoxy) is 1. The molecule has 0 aromatic heterocycles. The Labute approximate surface area is 141 Å². The molecule has 0 aliphatic heterocycles. The van der Waals surface area contributed by atoms with E-state index in [1.165, 1.54) is 12.1 Å². The minimum Gasteiger partial charge on any atom is -0.489 e. The lowest BCUT2D eigenvalue weighted by Gasteiger charge is -2.24. The molecule has 5 heteroatoms. The van der Waals surface area contributed by atoms with E-state index < -0.39 is 5.97 Å². The number of aliphatic carboxylic acids is 1. The molecule has 0 unspecified atom stereocenters. The summed E-state index contributed by atoms with van der Waals surface area (Å²) in [5.74, 6) is -0.375. The van der Waals surface area contributed by atoms with Gasteiger partial charge in [-0.25, -0.2) is 4.39 Å². The van der Waals surface area contributed by atoms with Crippen molar-refractivity contribution < 1.29 is 19.0 Å². The Bertz CT molecular complexity index is 653. The van der Waals surface area contributed by atoms with Crippen LogP contribution in [0.5, 0.6) is 5.75 Å². The molecule has 0 amide bonds. The molecule has 2 aromatic rings. The smallest absolute Gasteiger partial charge is 0.317 e. The lowest BCUT2D eigenvalue weighted by atomic mass is 10.2. The first-order chi connectivity index (χ1) is 11.4. The van der Waals surface area contributed by atoms with Gasteiger partial charge in [-0.2, -0.15) is 0 Å². The van der Waals surface area contributed by atoms with Gasteiger partial charge in [-0.05, 0) is 49.2 Å². The third kappa shape index (κ3) is 5.66. The van der Waals surface area contributed by atoms with Crippen molar-refractivity contribution in [2.24, 2.45) is 0 Å². The van der Waals surface area contributed by atoms with Gasteiger partial charge >= 0.3 is 5.97 Å². The zero-order valence-electron chi connectivity index (χ0n) is 13.9. The summed E-state index contributed by atoms with van der Waals surface area (Å²) in [5.41, 5.74) is 1.92. The average molecular weight is 331 g/mol. The topological polar surface area (TPSA) is 49.8 Å². The first-order valence-corrected chi connectivity index (χ1v) is 7.86. The molecule has 0 saturated heterocycles. The van der Waals surface area contributed by atoms with E-state index in [2.05, 4.69) is 0 Å². The van der Waals surface area contributed by atoms with Gasteiger partial charge in [0.2, 0.25) is 0 Å². The maximum absolute atomic E-state index is 12.9. The molecule has 0 spiro atoms. The third-order valence-corrected chi connectivity index (χ3v) is 3.70. The van der Waals surface area contributed by atoms with Gasteiger partial charge in [-0.3, -0.25) is 9.69 Å². The zero-order valence-corrected chi connectivity index (χ0v) is 13.9. The number of hydrogen-bond donors (Lipinski definition) is 1. The highest BCUT2D eigenvalue weighted by Crippen LogP contribution is 2.16. The second-order valence-electron chi connectivity index (χ2n) is 5.95. The largest absolute Gasteiger partial charge is 0.489 e. The highest BCUT2D eigenvalue weighted by molar-refractivity contribution is 5.69. The van der Waals surface area contributed by atoms with Crippen LogP contribution >= 0.6 is 0 Å². The Balaban J connectivity index is 1.92. The molecular formula is C19H22FNO3. The number of halogens is 1. The van der Waals surface area contributed by atoms with Crippen molar-refractivity contribution in [2.45, 2.75) is 33.0 Å². The maximum atomic E-state index is 12.9. The number of rotatable bonds is 8. The fourth-order valence-corrected chi connectivity index (χ4v) is 2.27. The summed E-state index contributed by atoms with van der Waals surface area (Å²) in [7, 11) is 0. The van der Waals surface area contributed by atoms with Crippen molar-refractivity contribution in [3.8, 4) is 5.75 Å². The van der Waals surface area contributed by atoms with Crippen LogP contribution in [-0.4, -0.2) is 28.6 Å². The standard InChI is InChI=1S/C19H22FNO3/c1-14(2)21(12-19(22)23)11-15-5-9-18(10-6-15)24-13-16-3-7-17(20)8-4-16/h3-10,14H,11-13H2,1-2H3,(H,22,23). The molecule has 0 bridgehead atoms. The fraction of sp³-hybridized carbons (Fsp3) is 0.316. The van der Waals surface area contributed by atoms with Gasteiger partial charge in [0, 0.05) is 12.6 Å². The van der Waals surface area contributed by atoms with Gasteiger partial charge < -0.3 is 9.84 Å². The van der Waals surface area contributed by atoms with Crippen LogP contribution in [0.4, 0.5) is 4.39 Å². The molecule has 1 N–H and O–H groups in total. The van der Waals surface area contributed by atoms with Crippen molar-refractivity contribution in [1.82, 2.24) is 4.90 Å². The van der Waals surface area contributed by atoms with E-state index in [1.807, 2.05) is 43.0 Å². The molecular weight excluding hydrogens is 309 g/mol. The predicted molar refractivity (Wildman–Crippen MR) is 90.4 cm³/mol. The highest BCUT2D eigenvalue weighted by atomic mass is 19.1. The number of carbonyl (C=O) groups is 1. The molecule has 0 aliphatic rings. The lowest BCUT2D eigenvalue weighted by Crippen LogP contribution is -2.35. The quantitative estimate of drug-likeness (QED) is 0.801. The van der Waals surface area contributed by atoms with Gasteiger partial charge in [0.15, 0.2) is 0 Å². The van der Waals surface area contributed by atoms with E-state index in [4.69, 9.17) is 9.84 Å². The molecule has 2 rings (SSSR count). The van der Waals surface area contributed by atoms with E-state index in [9.17, 15) is 9.18 Å². The molecule has 4 nitrogen and oxygen atoms in total. The van der Waals surface area contributed by atoms with Crippen LogP contribution in [0.1, 0.15) is 25.0 Å². The fourth-order valence-electron chi connectivity index (χ4n) is 2.27. The summed E-state index contributed by atoms with van der Waals surface area (Å²) >= 11 is 0. The van der Waals surface area contributed by atoms with E-state index >= 15 is 0 Å². The SMILES string of the molecule is CC(C)N(CC(=O)O)Cc1ccc(OCc2ccc(F)cc2)cc1. The van der Waals surface area contributed by atoms with Crippen LogP contribution in [0.15, 0.2) is 48.5 Å². The summed E-state index contributed by atoms with van der Waals surface area (Å²) in [4.78, 5) is 12.8. The first-order valence-electron chi connectivity index (χ1n) is 7.86. The molecule has 0 heterocycles. The molecule has 2 aromatic carbocycles. The number of carboxylic acids is 1. The summed E-state index contributed by atoms with van der Waals surface area (Å²) in [6, 6.07) is 13.9. The Kier molecular flexibility index (Phi) is 6.32. The monoisotopic (exact) mass is 331 g/mol. The molecule has 24 heavy (non-hydrogen) atoms. The first kappa shape index (κ1) is 17.9. The van der Waals surface area contributed by atoms with Gasteiger partial charge in [0.1, 0.15) is 18.2 Å². The van der Waals surface area contributed by atoms with Crippen molar-refractivity contribution >= 4 is 5.97 Å². The van der Waals surface area contributed by atoms with Crippen molar-refractivity contribution in [1.29, 1.82) is 0 Å². The Morgan fingerprint density at radius 3 is 2.21 bits per heavy atom. The van der Waals surface area contributed by atoms with E-state index in [1.54, 1.807) is 12.1 Å². The molecule has 0 aliphatic carbocycles. The number of nitrogens with zero attached hydrogens (tertiary/aromatic N) is 1. The molecule has 0 radical (unpaired) electrons. The second-order valence-corrected chi connectivity index (χ2v) is 5.95. The van der Waals surface area contributed by atoms with Crippen LogP contribution in [0.3, 0.4) is 0 Å². The molecule has 0 atom stereocenters. The molecule has 0 saturated carbocycles. The van der Waals surface area contributed by atoms with E-state index in [0.29, 0.717) is 13.2 Å². The molecule has 0 fully saturated rings. The minimum absolute atomic E-state index is 0.0144. The van der Waals surface area contributed by atoms with Crippen LogP contribution in [0, 0.1) is 5.82 Å². The normalized spacial score (nSPS) is 11.0. The summed E-state index contributed by atoms with van der Waals surface area (Å²) in [5, 5.41) is 8.97. The zero-order chi connectivity index (χ0) is 17.5. The van der Waals surface area contributed by atoms with Crippen molar-refractivity contribution in [3.05, 3.63) is 65.5 Å². The highest BCUT2D eigenvalue weighted by Gasteiger charge is 2.13. The van der Waals surface area contributed by atoms with Gasteiger partial charge in [-0.1, -0.05) is 24.3 Å². The Morgan fingerprint density at radius 2 is 1.67 bits per heavy atom. The van der Waals surface area contributed by atoms with Crippen molar-refractivity contribution in [3.63, 3.8) is 0 Å². The second kappa shape index (κ2) is 8.45. The van der Waals surface area contributed by atoms with Crippen LogP contribution in [0.25, 0.3) is 0 Å². The summed E-state index contributed by atoms with van der Waals surface area (Å²) in [6.07, 6.45) is 0. The van der Waals surface area contributed by atoms with Crippen LogP contribution in [-0.2, 0) is 17.9 Å². The Morgan fingerprint density at radius 1 is 1.08 bits per heavy atom. The third-order valence-electron chi connectivity index (χ3n) is 3.70. The van der Waals surface area contributed by atoms with Crippen LogP contribution < -0.4 is 4.74 Å². The lowest BCUT2D eigenvalue weighted by molar-refractivity contribution is -0.138. The predicted octanol–water partition coefficient (Wildman–Crippen LogP) is 3.70. The van der Waals surface area contributed by atoms with Crippen molar-refractivity contribution in [2.75, 3.05) is 6.54 Å². The van der Waals surface area contributed by atoms with E-state index in [-0.39, 0.29) is 18.4 Å². The average Bonchev–Trinajstić information content (AvgIpc) is 2.54. The Hall–Kier alpha value is -2.40. The van der Waals surface area contributed by atoms with Gasteiger partial charge in [-0.15, -0.1) is 0 Å². The minimum atomic E-state index is -0.831. The number of benzene rings is 2. The van der Waals surface area contributed by atoms with Gasteiger partial charge in [0.25, 0.3) is 0 Å².